The zero-order valence-corrected chi connectivity index (χ0v) is 13.0. The number of aromatic nitrogens is 1. The van der Waals surface area contributed by atoms with Crippen LogP contribution in [0.1, 0.15) is 15.9 Å². The first-order valence-electron chi connectivity index (χ1n) is 6.43. The molecule has 0 saturated heterocycles. The maximum Gasteiger partial charge on any atom is 0.254 e. The van der Waals surface area contributed by atoms with E-state index in [1.54, 1.807) is 18.3 Å². The maximum atomic E-state index is 13.6. The monoisotopic (exact) mass is 365 g/mol. The number of pyridine rings is 1. The van der Waals surface area contributed by atoms with E-state index in [9.17, 15) is 14.0 Å². The molecule has 2 amide bonds. The molecule has 1 atom stereocenters. The SMILES string of the molecule is NC(=O)[C@H](Cc1cccnc1Br)NC(=O)c1ccccc1F. The lowest BCUT2D eigenvalue weighted by atomic mass is 10.1. The number of halogens is 2. The third-order valence-corrected chi connectivity index (χ3v) is 3.74. The predicted molar refractivity (Wildman–Crippen MR) is 82.5 cm³/mol. The van der Waals surface area contributed by atoms with E-state index in [0.29, 0.717) is 10.2 Å². The molecule has 0 spiro atoms. The summed E-state index contributed by atoms with van der Waals surface area (Å²) >= 11 is 3.26. The highest BCUT2D eigenvalue weighted by Gasteiger charge is 2.22. The Morgan fingerprint density at radius 3 is 2.64 bits per heavy atom. The summed E-state index contributed by atoms with van der Waals surface area (Å²) in [5.74, 6) is -2.06. The van der Waals surface area contributed by atoms with E-state index in [-0.39, 0.29) is 12.0 Å². The largest absolute Gasteiger partial charge is 0.368 e. The Hall–Kier alpha value is -2.28. The molecule has 0 saturated carbocycles. The van der Waals surface area contributed by atoms with Crippen molar-refractivity contribution in [3.8, 4) is 0 Å². The first-order chi connectivity index (χ1) is 10.5. The summed E-state index contributed by atoms with van der Waals surface area (Å²) in [6.07, 6.45) is 1.74. The number of rotatable bonds is 5. The van der Waals surface area contributed by atoms with Gasteiger partial charge in [-0.25, -0.2) is 9.37 Å². The minimum atomic E-state index is -0.965. The van der Waals surface area contributed by atoms with Crippen LogP contribution in [0.15, 0.2) is 47.2 Å². The molecule has 1 aromatic heterocycles. The fourth-order valence-corrected chi connectivity index (χ4v) is 2.31. The third kappa shape index (κ3) is 3.88. The van der Waals surface area contributed by atoms with E-state index in [0.717, 1.165) is 0 Å². The molecule has 114 valence electrons. The highest BCUT2D eigenvalue weighted by molar-refractivity contribution is 9.10. The summed E-state index contributed by atoms with van der Waals surface area (Å²) in [4.78, 5) is 27.6. The number of nitrogens with two attached hydrogens (primary N) is 1. The summed E-state index contributed by atoms with van der Waals surface area (Å²) < 4.78 is 14.1. The number of nitrogens with one attached hydrogen (secondary N) is 1. The Kier molecular flexibility index (Phi) is 5.21. The molecular formula is C15H13BrFN3O2. The summed E-state index contributed by atoms with van der Waals surface area (Å²) in [6, 6.07) is 8.01. The minimum absolute atomic E-state index is 0.140. The molecule has 1 heterocycles. The molecule has 22 heavy (non-hydrogen) atoms. The van der Waals surface area contributed by atoms with Crippen molar-refractivity contribution in [2.45, 2.75) is 12.5 Å². The van der Waals surface area contributed by atoms with Gasteiger partial charge in [0.15, 0.2) is 0 Å². The smallest absolute Gasteiger partial charge is 0.254 e. The van der Waals surface area contributed by atoms with Crippen LogP contribution in [0.2, 0.25) is 0 Å². The fourth-order valence-electron chi connectivity index (χ4n) is 1.90. The first kappa shape index (κ1) is 16.1. The van der Waals surface area contributed by atoms with Crippen LogP contribution in [0, 0.1) is 5.82 Å². The van der Waals surface area contributed by atoms with Crippen molar-refractivity contribution >= 4 is 27.7 Å². The Bertz CT molecular complexity index is 709. The number of amides is 2. The van der Waals surface area contributed by atoms with Gasteiger partial charge in [-0.15, -0.1) is 0 Å². The highest BCUT2D eigenvalue weighted by atomic mass is 79.9. The van der Waals surface area contributed by atoms with Crippen molar-refractivity contribution in [3.05, 3.63) is 64.1 Å². The van der Waals surface area contributed by atoms with Crippen molar-refractivity contribution in [3.63, 3.8) is 0 Å². The second-order valence-corrected chi connectivity index (χ2v) is 5.32. The van der Waals surface area contributed by atoms with Crippen molar-refractivity contribution in [1.29, 1.82) is 0 Å². The Balaban J connectivity index is 2.16. The lowest BCUT2D eigenvalue weighted by Gasteiger charge is -2.16. The number of hydrogen-bond acceptors (Lipinski definition) is 3. The van der Waals surface area contributed by atoms with Crippen LogP contribution in [-0.4, -0.2) is 22.8 Å². The molecule has 2 rings (SSSR count). The van der Waals surface area contributed by atoms with Crippen molar-refractivity contribution < 1.29 is 14.0 Å². The molecule has 5 nitrogen and oxygen atoms in total. The van der Waals surface area contributed by atoms with Crippen molar-refractivity contribution in [1.82, 2.24) is 10.3 Å². The van der Waals surface area contributed by atoms with Crippen LogP contribution in [0.25, 0.3) is 0 Å². The second-order valence-electron chi connectivity index (χ2n) is 4.57. The van der Waals surface area contributed by atoms with Gasteiger partial charge in [0.2, 0.25) is 5.91 Å². The first-order valence-corrected chi connectivity index (χ1v) is 7.22. The van der Waals surface area contributed by atoms with Gasteiger partial charge >= 0.3 is 0 Å². The highest BCUT2D eigenvalue weighted by Crippen LogP contribution is 2.15. The lowest BCUT2D eigenvalue weighted by Crippen LogP contribution is -2.46. The van der Waals surface area contributed by atoms with Gasteiger partial charge in [-0.2, -0.15) is 0 Å². The van der Waals surface area contributed by atoms with E-state index in [1.807, 2.05) is 0 Å². The number of hydrogen-bond donors (Lipinski definition) is 2. The van der Waals surface area contributed by atoms with Gasteiger partial charge in [-0.05, 0) is 39.7 Å². The molecule has 0 aliphatic heterocycles. The zero-order valence-electron chi connectivity index (χ0n) is 11.4. The number of carbonyl (C=O) groups is 2. The molecule has 0 aliphatic carbocycles. The Morgan fingerprint density at radius 1 is 1.27 bits per heavy atom. The molecule has 1 aromatic carbocycles. The van der Waals surface area contributed by atoms with Crippen LogP contribution >= 0.6 is 15.9 Å². The lowest BCUT2D eigenvalue weighted by molar-refractivity contribution is -0.119. The van der Waals surface area contributed by atoms with E-state index < -0.39 is 23.7 Å². The van der Waals surface area contributed by atoms with E-state index in [1.165, 1.54) is 24.3 Å². The Morgan fingerprint density at radius 2 is 2.00 bits per heavy atom. The van der Waals surface area contributed by atoms with Crippen LogP contribution in [0.3, 0.4) is 0 Å². The summed E-state index contributed by atoms with van der Waals surface area (Å²) in [5.41, 5.74) is 5.88. The van der Waals surface area contributed by atoms with Crippen LogP contribution < -0.4 is 11.1 Å². The van der Waals surface area contributed by atoms with Crippen LogP contribution in [-0.2, 0) is 11.2 Å². The summed E-state index contributed by atoms with van der Waals surface area (Å²) in [5, 5.41) is 2.45. The molecule has 2 aromatic rings. The Labute approximate surface area is 134 Å². The number of nitrogens with zero attached hydrogens (tertiary/aromatic N) is 1. The van der Waals surface area contributed by atoms with E-state index >= 15 is 0 Å². The van der Waals surface area contributed by atoms with Gasteiger partial charge in [0.25, 0.3) is 5.91 Å². The molecular weight excluding hydrogens is 353 g/mol. The molecule has 0 bridgehead atoms. The van der Waals surface area contributed by atoms with Crippen molar-refractivity contribution in [2.75, 3.05) is 0 Å². The quantitative estimate of drug-likeness (QED) is 0.792. The van der Waals surface area contributed by atoms with Gasteiger partial charge in [-0.1, -0.05) is 18.2 Å². The fraction of sp³-hybridized carbons (Fsp3) is 0.133. The van der Waals surface area contributed by atoms with Crippen molar-refractivity contribution in [2.24, 2.45) is 5.73 Å². The van der Waals surface area contributed by atoms with Gasteiger partial charge in [-0.3, -0.25) is 9.59 Å². The standard InChI is InChI=1S/C15H13BrFN3O2/c16-13-9(4-3-7-19-13)8-12(14(18)21)20-15(22)10-5-1-2-6-11(10)17/h1-7,12H,8H2,(H2,18,21)(H,20,22)/t12-/m0/s1. The van der Waals surface area contributed by atoms with Gasteiger partial charge in [0, 0.05) is 12.6 Å². The van der Waals surface area contributed by atoms with E-state index in [4.69, 9.17) is 5.73 Å². The minimum Gasteiger partial charge on any atom is -0.368 e. The molecule has 3 N–H and O–H groups in total. The number of carbonyl (C=O) groups excluding carboxylic acids is 2. The molecule has 0 aliphatic rings. The summed E-state index contributed by atoms with van der Waals surface area (Å²) in [7, 11) is 0. The van der Waals surface area contributed by atoms with Crippen LogP contribution in [0.4, 0.5) is 4.39 Å². The van der Waals surface area contributed by atoms with Crippen LogP contribution in [0.5, 0.6) is 0 Å². The topological polar surface area (TPSA) is 85.1 Å². The van der Waals surface area contributed by atoms with E-state index in [2.05, 4.69) is 26.2 Å². The molecule has 0 radical (unpaired) electrons. The average Bonchev–Trinajstić information content (AvgIpc) is 2.49. The zero-order chi connectivity index (χ0) is 16.1. The third-order valence-electron chi connectivity index (χ3n) is 3.03. The van der Waals surface area contributed by atoms with Gasteiger partial charge < -0.3 is 11.1 Å². The predicted octanol–water partition coefficient (Wildman–Crippen LogP) is 1.81. The van der Waals surface area contributed by atoms with Gasteiger partial charge in [0.05, 0.1) is 5.56 Å². The second kappa shape index (κ2) is 7.13. The summed E-state index contributed by atoms with van der Waals surface area (Å²) in [6.45, 7) is 0. The number of benzene rings is 1. The number of primary amides is 1. The normalized spacial score (nSPS) is 11.7. The average molecular weight is 366 g/mol. The maximum absolute atomic E-state index is 13.6. The van der Waals surface area contributed by atoms with Gasteiger partial charge in [0.1, 0.15) is 16.5 Å². The molecule has 7 heteroatoms. The molecule has 0 fully saturated rings. The molecule has 0 unspecified atom stereocenters.